The van der Waals surface area contributed by atoms with Crippen molar-refractivity contribution in [3.8, 4) is 5.75 Å². The monoisotopic (exact) mass is 176 g/mol. The average Bonchev–Trinajstić information content (AvgIpc) is 2.14. The van der Waals surface area contributed by atoms with E-state index in [-0.39, 0.29) is 0 Å². The van der Waals surface area contributed by atoms with Crippen molar-refractivity contribution in [3.05, 3.63) is 15.4 Å². The number of rotatable bonds is 1. The van der Waals surface area contributed by atoms with Gasteiger partial charge in [0.1, 0.15) is 0 Å². The Hall–Kier alpha value is -0.201. The molecule has 0 atom stereocenters. The van der Waals surface area contributed by atoms with Gasteiger partial charge in [-0.3, -0.25) is 0 Å². The Morgan fingerprint density at radius 2 is 2.50 bits per heavy atom. The van der Waals surface area contributed by atoms with Gasteiger partial charge >= 0.3 is 54.1 Å². The Bertz CT molecular complexity index is 169. The van der Waals surface area contributed by atoms with Gasteiger partial charge in [0.05, 0.1) is 0 Å². The van der Waals surface area contributed by atoms with E-state index in [0.717, 1.165) is 6.42 Å². The Balaban J connectivity index is 2.92. The van der Waals surface area contributed by atoms with Crippen LogP contribution in [0.2, 0.25) is 0 Å². The maximum absolute atomic E-state index is 9.00. The predicted octanol–water partition coefficient (Wildman–Crippen LogP) is 1.01. The normalized spacial score (nSPS) is 9.62. The second-order valence-corrected chi connectivity index (χ2v) is 3.68. The minimum atomic E-state index is 0.457. The second kappa shape index (κ2) is 2.38. The average molecular weight is 175 g/mol. The van der Waals surface area contributed by atoms with Crippen molar-refractivity contribution in [2.24, 2.45) is 0 Å². The van der Waals surface area contributed by atoms with Gasteiger partial charge in [0, 0.05) is 0 Å². The molecular formula is C6H8OSe. The fourth-order valence-electron chi connectivity index (χ4n) is 0.598. The summed E-state index contributed by atoms with van der Waals surface area (Å²) in [5.74, 6) is 0.507. The summed E-state index contributed by atoms with van der Waals surface area (Å²) in [5, 5.41) is 9.00. The first-order chi connectivity index (χ1) is 3.84. The number of hydrogen-bond donors (Lipinski definition) is 1. The topological polar surface area (TPSA) is 20.2 Å². The van der Waals surface area contributed by atoms with Crippen LogP contribution in [-0.2, 0) is 6.42 Å². The molecular weight excluding hydrogens is 167 g/mol. The predicted molar refractivity (Wildman–Crippen MR) is 34.4 cm³/mol. The van der Waals surface area contributed by atoms with E-state index in [4.69, 9.17) is 5.11 Å². The van der Waals surface area contributed by atoms with E-state index in [2.05, 4.69) is 6.92 Å². The summed E-state index contributed by atoms with van der Waals surface area (Å²) in [6, 6.07) is 1.79. The summed E-state index contributed by atoms with van der Waals surface area (Å²) in [7, 11) is 0. The van der Waals surface area contributed by atoms with E-state index in [9.17, 15) is 0 Å². The molecule has 2 heteroatoms. The molecule has 0 aliphatic carbocycles. The number of hydrogen-bond acceptors (Lipinski definition) is 1. The quantitative estimate of drug-likeness (QED) is 0.631. The molecule has 0 spiro atoms. The Morgan fingerprint density at radius 3 is 2.75 bits per heavy atom. The van der Waals surface area contributed by atoms with Crippen LogP contribution in [0.1, 0.15) is 11.4 Å². The summed E-state index contributed by atoms with van der Waals surface area (Å²) in [4.78, 5) is 2.04. The van der Waals surface area contributed by atoms with Crippen LogP contribution in [0.4, 0.5) is 0 Å². The molecule has 44 valence electrons. The van der Waals surface area contributed by atoms with Crippen molar-refractivity contribution in [2.75, 3.05) is 0 Å². The van der Waals surface area contributed by atoms with E-state index < -0.39 is 0 Å². The van der Waals surface area contributed by atoms with Crippen molar-refractivity contribution in [1.82, 2.24) is 0 Å². The van der Waals surface area contributed by atoms with E-state index in [0.29, 0.717) is 20.3 Å². The molecule has 0 saturated carbocycles. The van der Waals surface area contributed by atoms with Crippen molar-refractivity contribution >= 4 is 14.5 Å². The van der Waals surface area contributed by atoms with Gasteiger partial charge in [-0.05, 0) is 0 Å². The van der Waals surface area contributed by atoms with Crippen LogP contribution in [0.5, 0.6) is 5.75 Å². The van der Waals surface area contributed by atoms with Gasteiger partial charge in [-0.2, -0.15) is 0 Å². The third-order valence-electron chi connectivity index (χ3n) is 1.04. The molecule has 0 fully saturated rings. The van der Waals surface area contributed by atoms with Crippen LogP contribution in [0.3, 0.4) is 0 Å². The first-order valence-electron chi connectivity index (χ1n) is 2.60. The molecule has 0 amide bonds. The summed E-state index contributed by atoms with van der Waals surface area (Å²) in [6.07, 6.45) is 0.999. The zero-order valence-corrected chi connectivity index (χ0v) is 6.43. The standard InChI is InChI=1S/C6H8OSe/c1-2-6-5(7)3-4-8-6/h3-4,7H,2H2,1H3. The Kier molecular flexibility index (Phi) is 1.76. The fourth-order valence-corrected chi connectivity index (χ4v) is 2.10. The summed E-state index contributed by atoms with van der Waals surface area (Å²) < 4.78 is 1.22. The fraction of sp³-hybridized carbons (Fsp3) is 0.333. The van der Waals surface area contributed by atoms with Gasteiger partial charge < -0.3 is 0 Å². The van der Waals surface area contributed by atoms with Crippen molar-refractivity contribution < 1.29 is 5.11 Å². The van der Waals surface area contributed by atoms with Gasteiger partial charge in [0.2, 0.25) is 0 Å². The number of aryl methyl sites for hydroxylation is 1. The molecule has 8 heavy (non-hydrogen) atoms. The third-order valence-corrected chi connectivity index (χ3v) is 3.26. The van der Waals surface area contributed by atoms with E-state index in [1.165, 1.54) is 4.44 Å². The summed E-state index contributed by atoms with van der Waals surface area (Å²) >= 11 is 0.457. The van der Waals surface area contributed by atoms with Crippen LogP contribution < -0.4 is 0 Å². The Labute approximate surface area is 54.7 Å². The van der Waals surface area contributed by atoms with Gasteiger partial charge in [-0.15, -0.1) is 0 Å². The molecule has 0 aliphatic heterocycles. The van der Waals surface area contributed by atoms with Crippen molar-refractivity contribution in [1.29, 1.82) is 0 Å². The summed E-state index contributed by atoms with van der Waals surface area (Å²) in [6.45, 7) is 2.07. The molecule has 0 saturated heterocycles. The molecule has 1 nitrogen and oxygen atoms in total. The molecule has 1 rings (SSSR count). The van der Waals surface area contributed by atoms with Crippen LogP contribution in [0, 0.1) is 0 Å². The van der Waals surface area contributed by atoms with Crippen LogP contribution >= 0.6 is 0 Å². The zero-order valence-electron chi connectivity index (χ0n) is 4.72. The maximum atomic E-state index is 9.00. The molecule has 0 aromatic carbocycles. The number of aromatic hydroxyl groups is 1. The van der Waals surface area contributed by atoms with Gasteiger partial charge in [0.15, 0.2) is 0 Å². The molecule has 1 aromatic rings. The zero-order chi connectivity index (χ0) is 5.98. The Morgan fingerprint density at radius 1 is 1.75 bits per heavy atom. The SMILES string of the molecule is CCc1[se]ccc1O. The molecule has 1 aromatic heterocycles. The second-order valence-electron chi connectivity index (χ2n) is 1.58. The van der Waals surface area contributed by atoms with Crippen LogP contribution in [0.15, 0.2) is 11.0 Å². The third kappa shape index (κ3) is 0.960. The molecule has 0 unspecified atom stereocenters. The molecule has 0 aliphatic rings. The summed E-state index contributed by atoms with van der Waals surface area (Å²) in [5.41, 5.74) is 0. The van der Waals surface area contributed by atoms with Crippen LogP contribution in [0.25, 0.3) is 0 Å². The van der Waals surface area contributed by atoms with Gasteiger partial charge in [-0.25, -0.2) is 0 Å². The van der Waals surface area contributed by atoms with Crippen LogP contribution in [-0.4, -0.2) is 19.6 Å². The first-order valence-corrected chi connectivity index (χ1v) is 4.44. The van der Waals surface area contributed by atoms with E-state index in [1.807, 2.05) is 4.94 Å². The minimum absolute atomic E-state index is 0.457. The van der Waals surface area contributed by atoms with Crippen molar-refractivity contribution in [3.63, 3.8) is 0 Å². The van der Waals surface area contributed by atoms with Gasteiger partial charge in [-0.1, -0.05) is 0 Å². The van der Waals surface area contributed by atoms with Crippen molar-refractivity contribution in [2.45, 2.75) is 13.3 Å². The van der Waals surface area contributed by atoms with E-state index >= 15 is 0 Å². The molecule has 0 radical (unpaired) electrons. The first kappa shape index (κ1) is 5.93. The molecule has 1 heterocycles. The molecule has 0 bridgehead atoms. The molecule has 1 N–H and O–H groups in total. The van der Waals surface area contributed by atoms with Gasteiger partial charge in [0.25, 0.3) is 0 Å². The van der Waals surface area contributed by atoms with E-state index in [1.54, 1.807) is 6.07 Å².